The van der Waals surface area contributed by atoms with Crippen LogP contribution in [0.1, 0.15) is 12.0 Å². The number of nitrogens with zero attached hydrogens (tertiary/aromatic N) is 3. The van der Waals surface area contributed by atoms with E-state index in [-0.39, 0.29) is 0 Å². The van der Waals surface area contributed by atoms with Crippen molar-refractivity contribution in [3.8, 4) is 0 Å². The van der Waals surface area contributed by atoms with Gasteiger partial charge >= 0.3 is 0 Å². The van der Waals surface area contributed by atoms with Crippen molar-refractivity contribution >= 4 is 16.7 Å². The van der Waals surface area contributed by atoms with Gasteiger partial charge in [0.2, 0.25) is 0 Å². The Bertz CT molecular complexity index is 473. The molecule has 3 rings (SSSR count). The van der Waals surface area contributed by atoms with Crippen LogP contribution in [0.5, 0.6) is 0 Å². The quantitative estimate of drug-likeness (QED) is 0.685. The molecule has 1 aromatic carbocycles. The SMILES string of the molecule is Cc1cc(N2CCC2)c2nonc2c1. The topological polar surface area (TPSA) is 42.2 Å². The van der Waals surface area contributed by atoms with E-state index < -0.39 is 0 Å². The Kier molecular flexibility index (Phi) is 1.50. The highest BCUT2D eigenvalue weighted by Gasteiger charge is 2.19. The van der Waals surface area contributed by atoms with Crippen LogP contribution in [0.15, 0.2) is 16.8 Å². The van der Waals surface area contributed by atoms with E-state index in [0.29, 0.717) is 0 Å². The van der Waals surface area contributed by atoms with Gasteiger partial charge in [-0.1, -0.05) is 0 Å². The highest BCUT2D eigenvalue weighted by molar-refractivity contribution is 5.88. The lowest BCUT2D eigenvalue weighted by molar-refractivity contribution is 0.315. The molecule has 0 saturated carbocycles. The Morgan fingerprint density at radius 2 is 2.14 bits per heavy atom. The molecule has 2 heterocycles. The number of anilines is 1. The van der Waals surface area contributed by atoms with Crippen LogP contribution in [0, 0.1) is 6.92 Å². The van der Waals surface area contributed by atoms with Gasteiger partial charge in [-0.3, -0.25) is 0 Å². The van der Waals surface area contributed by atoms with Gasteiger partial charge < -0.3 is 4.90 Å². The average Bonchev–Trinajstić information content (AvgIpc) is 2.47. The molecule has 4 nitrogen and oxygen atoms in total. The highest BCUT2D eigenvalue weighted by Crippen LogP contribution is 2.29. The molecule has 1 aromatic heterocycles. The molecule has 0 aliphatic carbocycles. The summed E-state index contributed by atoms with van der Waals surface area (Å²) in [7, 11) is 0. The Morgan fingerprint density at radius 1 is 1.29 bits per heavy atom. The highest BCUT2D eigenvalue weighted by atomic mass is 16.6. The monoisotopic (exact) mass is 189 g/mol. The molecule has 0 amide bonds. The predicted molar refractivity (Wildman–Crippen MR) is 53.4 cm³/mol. The van der Waals surface area contributed by atoms with Crippen molar-refractivity contribution in [3.05, 3.63) is 17.7 Å². The second kappa shape index (κ2) is 2.70. The number of fused-ring (bicyclic) bond motifs is 1. The predicted octanol–water partition coefficient (Wildman–Crippen LogP) is 1.74. The summed E-state index contributed by atoms with van der Waals surface area (Å²) in [5.41, 5.74) is 4.10. The van der Waals surface area contributed by atoms with Crippen LogP contribution in [0.3, 0.4) is 0 Å². The van der Waals surface area contributed by atoms with Gasteiger partial charge in [0.05, 0.1) is 5.69 Å². The second-order valence-corrected chi connectivity index (χ2v) is 3.76. The first-order chi connectivity index (χ1) is 6.84. The van der Waals surface area contributed by atoms with Gasteiger partial charge in [0, 0.05) is 13.1 Å². The summed E-state index contributed by atoms with van der Waals surface area (Å²) in [6.45, 7) is 4.30. The third kappa shape index (κ3) is 0.999. The van der Waals surface area contributed by atoms with Crippen LogP contribution in [0.2, 0.25) is 0 Å². The normalized spacial score (nSPS) is 15.9. The molecule has 0 N–H and O–H groups in total. The molecular weight excluding hydrogens is 178 g/mol. The molecule has 1 saturated heterocycles. The minimum absolute atomic E-state index is 0.854. The number of aryl methyl sites for hydroxylation is 1. The third-order valence-corrected chi connectivity index (χ3v) is 2.68. The number of rotatable bonds is 1. The van der Waals surface area contributed by atoms with E-state index in [2.05, 4.69) is 28.2 Å². The minimum atomic E-state index is 0.854. The zero-order valence-corrected chi connectivity index (χ0v) is 8.03. The number of hydrogen-bond donors (Lipinski definition) is 0. The molecule has 2 aromatic rings. The fraction of sp³-hybridized carbons (Fsp3) is 0.400. The van der Waals surface area contributed by atoms with Crippen molar-refractivity contribution in [2.45, 2.75) is 13.3 Å². The van der Waals surface area contributed by atoms with E-state index in [9.17, 15) is 0 Å². The van der Waals surface area contributed by atoms with E-state index in [1.165, 1.54) is 12.0 Å². The molecule has 0 spiro atoms. The van der Waals surface area contributed by atoms with Crippen molar-refractivity contribution < 1.29 is 4.63 Å². The van der Waals surface area contributed by atoms with Crippen molar-refractivity contribution in [1.82, 2.24) is 10.3 Å². The van der Waals surface area contributed by atoms with Gasteiger partial charge in [-0.2, -0.15) is 0 Å². The Morgan fingerprint density at radius 3 is 2.86 bits per heavy atom. The van der Waals surface area contributed by atoms with Gasteiger partial charge in [0.1, 0.15) is 5.52 Å². The lowest BCUT2D eigenvalue weighted by Gasteiger charge is -2.33. The number of hydrogen-bond acceptors (Lipinski definition) is 4. The molecule has 0 atom stereocenters. The average molecular weight is 189 g/mol. The molecule has 0 radical (unpaired) electrons. The number of benzene rings is 1. The van der Waals surface area contributed by atoms with Crippen molar-refractivity contribution in [1.29, 1.82) is 0 Å². The van der Waals surface area contributed by atoms with E-state index in [0.717, 1.165) is 29.8 Å². The lowest BCUT2D eigenvalue weighted by Crippen LogP contribution is -2.37. The summed E-state index contributed by atoms with van der Waals surface area (Å²) < 4.78 is 4.75. The first-order valence-electron chi connectivity index (χ1n) is 4.82. The van der Waals surface area contributed by atoms with Gasteiger partial charge in [0.15, 0.2) is 5.52 Å². The van der Waals surface area contributed by atoms with Crippen LogP contribution in [-0.2, 0) is 0 Å². The Labute approximate surface area is 81.5 Å². The fourth-order valence-electron chi connectivity index (χ4n) is 1.81. The van der Waals surface area contributed by atoms with Gasteiger partial charge in [-0.25, -0.2) is 4.63 Å². The maximum absolute atomic E-state index is 4.75. The van der Waals surface area contributed by atoms with Gasteiger partial charge in [0.25, 0.3) is 0 Å². The smallest absolute Gasteiger partial charge is 0.158 e. The molecule has 0 bridgehead atoms. The van der Waals surface area contributed by atoms with E-state index in [1.807, 2.05) is 6.07 Å². The standard InChI is InChI=1S/C10H11N3O/c1-7-5-8-10(12-14-11-8)9(6-7)13-3-2-4-13/h5-6H,2-4H2,1H3. The van der Waals surface area contributed by atoms with Gasteiger partial charge in [-0.05, 0) is 41.4 Å². The van der Waals surface area contributed by atoms with Crippen molar-refractivity contribution in [3.63, 3.8) is 0 Å². The number of aromatic nitrogens is 2. The molecule has 0 unspecified atom stereocenters. The van der Waals surface area contributed by atoms with Crippen LogP contribution in [0.25, 0.3) is 11.0 Å². The van der Waals surface area contributed by atoms with Gasteiger partial charge in [-0.15, -0.1) is 0 Å². The first kappa shape index (κ1) is 7.79. The van der Waals surface area contributed by atoms with Crippen LogP contribution in [0.4, 0.5) is 5.69 Å². The second-order valence-electron chi connectivity index (χ2n) is 3.76. The van der Waals surface area contributed by atoms with Crippen LogP contribution >= 0.6 is 0 Å². The minimum Gasteiger partial charge on any atom is -0.369 e. The third-order valence-electron chi connectivity index (χ3n) is 2.68. The summed E-state index contributed by atoms with van der Waals surface area (Å²) >= 11 is 0. The van der Waals surface area contributed by atoms with Crippen LogP contribution < -0.4 is 4.90 Å². The van der Waals surface area contributed by atoms with Crippen molar-refractivity contribution in [2.75, 3.05) is 18.0 Å². The lowest BCUT2D eigenvalue weighted by atomic mass is 10.1. The summed E-state index contributed by atoms with van der Waals surface area (Å²) in [6, 6.07) is 4.14. The largest absolute Gasteiger partial charge is 0.369 e. The van der Waals surface area contributed by atoms with E-state index in [1.54, 1.807) is 0 Å². The summed E-state index contributed by atoms with van der Waals surface area (Å²) in [6.07, 6.45) is 1.26. The molecule has 1 aliphatic heterocycles. The Hall–Kier alpha value is -1.58. The van der Waals surface area contributed by atoms with Crippen molar-refractivity contribution in [2.24, 2.45) is 0 Å². The zero-order valence-electron chi connectivity index (χ0n) is 8.03. The summed E-state index contributed by atoms with van der Waals surface area (Å²) in [5.74, 6) is 0. The van der Waals surface area contributed by atoms with E-state index >= 15 is 0 Å². The fourth-order valence-corrected chi connectivity index (χ4v) is 1.81. The zero-order chi connectivity index (χ0) is 9.54. The Balaban J connectivity index is 2.23. The molecular formula is C10H11N3O. The van der Waals surface area contributed by atoms with E-state index in [4.69, 9.17) is 4.63 Å². The maximum atomic E-state index is 4.75. The maximum Gasteiger partial charge on any atom is 0.158 e. The first-order valence-corrected chi connectivity index (χ1v) is 4.82. The molecule has 1 fully saturated rings. The summed E-state index contributed by atoms with van der Waals surface area (Å²) in [5, 5.41) is 7.80. The molecule has 1 aliphatic rings. The molecule has 4 heteroatoms. The summed E-state index contributed by atoms with van der Waals surface area (Å²) in [4.78, 5) is 2.31. The van der Waals surface area contributed by atoms with Crippen LogP contribution in [-0.4, -0.2) is 23.4 Å². The molecule has 14 heavy (non-hydrogen) atoms. The molecule has 72 valence electrons.